The first-order valence-corrected chi connectivity index (χ1v) is 5.85. The fourth-order valence-electron chi connectivity index (χ4n) is 1.47. The maximum atomic E-state index is 11.1. The van der Waals surface area contributed by atoms with Crippen LogP contribution in [0, 0.1) is 6.92 Å². The lowest BCUT2D eigenvalue weighted by atomic mass is 10.1. The van der Waals surface area contributed by atoms with Crippen molar-refractivity contribution in [2.45, 2.75) is 39.0 Å². The van der Waals surface area contributed by atoms with E-state index in [1.54, 1.807) is 6.92 Å². The Kier molecular flexibility index (Phi) is 5.62. The van der Waals surface area contributed by atoms with Crippen molar-refractivity contribution in [3.05, 3.63) is 36.8 Å². The number of rotatable bonds is 6. The largest absolute Gasteiger partial charge is 0.427 e. The Labute approximate surface area is 97.6 Å². The van der Waals surface area contributed by atoms with Gasteiger partial charge in [-0.25, -0.2) is 0 Å². The van der Waals surface area contributed by atoms with Crippen molar-refractivity contribution < 1.29 is 9.53 Å². The van der Waals surface area contributed by atoms with Gasteiger partial charge in [0.05, 0.1) is 0 Å². The fourth-order valence-corrected chi connectivity index (χ4v) is 1.47. The molecule has 0 spiro atoms. The third-order valence-electron chi connectivity index (χ3n) is 2.38. The lowest BCUT2D eigenvalue weighted by molar-refractivity contribution is -0.134. The summed E-state index contributed by atoms with van der Waals surface area (Å²) in [5, 5.41) is 0. The third-order valence-corrected chi connectivity index (χ3v) is 2.38. The molecule has 2 nitrogen and oxygen atoms in total. The number of hydrogen-bond donors (Lipinski definition) is 0. The minimum absolute atomic E-state index is 0.185. The van der Waals surface area contributed by atoms with Crippen LogP contribution in [0.5, 0.6) is 5.75 Å². The minimum atomic E-state index is -0.185. The van der Waals surface area contributed by atoms with E-state index in [9.17, 15) is 4.79 Å². The molecular weight excluding hydrogens is 200 g/mol. The molecule has 0 aliphatic heterocycles. The summed E-state index contributed by atoms with van der Waals surface area (Å²) >= 11 is 0. The highest BCUT2D eigenvalue weighted by Crippen LogP contribution is 2.16. The number of carbonyl (C=O) groups is 1. The smallest absolute Gasteiger partial charge is 0.310 e. The summed E-state index contributed by atoms with van der Waals surface area (Å²) in [6.07, 6.45) is 4.68. The van der Waals surface area contributed by atoms with Crippen molar-refractivity contribution in [1.29, 1.82) is 0 Å². The lowest BCUT2D eigenvalue weighted by Gasteiger charge is -2.05. The first-order valence-electron chi connectivity index (χ1n) is 5.85. The minimum Gasteiger partial charge on any atom is -0.427 e. The standard InChI is InChI=1S/C14H19O2/c1-3-5-6-8-12-9-7-10-13(11-12)16-14(15)4-2/h7,9-11H,1,3-6,8H2,2H3. The molecule has 1 radical (unpaired) electrons. The van der Waals surface area contributed by atoms with Gasteiger partial charge in [-0.1, -0.05) is 38.8 Å². The van der Waals surface area contributed by atoms with Crippen LogP contribution in [0.25, 0.3) is 0 Å². The van der Waals surface area contributed by atoms with Crippen LogP contribution in [0.15, 0.2) is 24.3 Å². The predicted molar refractivity (Wildman–Crippen MR) is 65.3 cm³/mol. The Morgan fingerprint density at radius 2 is 2.19 bits per heavy atom. The molecule has 0 aliphatic carbocycles. The van der Waals surface area contributed by atoms with E-state index in [4.69, 9.17) is 4.74 Å². The van der Waals surface area contributed by atoms with Gasteiger partial charge in [-0.05, 0) is 30.5 Å². The Hall–Kier alpha value is -1.31. The van der Waals surface area contributed by atoms with Gasteiger partial charge in [0.1, 0.15) is 5.75 Å². The van der Waals surface area contributed by atoms with Crippen LogP contribution < -0.4 is 4.74 Å². The number of hydrogen-bond acceptors (Lipinski definition) is 2. The zero-order chi connectivity index (χ0) is 11.8. The molecule has 0 atom stereocenters. The molecule has 0 fully saturated rings. The molecule has 0 unspecified atom stereocenters. The highest BCUT2D eigenvalue weighted by molar-refractivity contribution is 5.71. The van der Waals surface area contributed by atoms with E-state index in [2.05, 4.69) is 13.0 Å². The zero-order valence-corrected chi connectivity index (χ0v) is 9.87. The maximum Gasteiger partial charge on any atom is 0.310 e. The predicted octanol–water partition coefficient (Wildman–Crippen LogP) is 3.55. The molecule has 87 valence electrons. The number of aryl methyl sites for hydroxylation is 1. The SMILES string of the molecule is [CH2]CCCCc1cccc(OC(=O)CC)c1. The van der Waals surface area contributed by atoms with Crippen LogP contribution in [0.3, 0.4) is 0 Å². The van der Waals surface area contributed by atoms with Gasteiger partial charge in [-0.2, -0.15) is 0 Å². The van der Waals surface area contributed by atoms with E-state index in [1.165, 1.54) is 5.56 Å². The van der Waals surface area contributed by atoms with Crippen molar-refractivity contribution in [3.8, 4) is 5.75 Å². The summed E-state index contributed by atoms with van der Waals surface area (Å²) < 4.78 is 5.16. The molecule has 1 rings (SSSR count). The summed E-state index contributed by atoms with van der Waals surface area (Å²) in [5.74, 6) is 0.467. The normalized spacial score (nSPS) is 10.1. The van der Waals surface area contributed by atoms with Gasteiger partial charge in [0.15, 0.2) is 0 Å². The van der Waals surface area contributed by atoms with E-state index in [0.717, 1.165) is 25.7 Å². The van der Waals surface area contributed by atoms with Gasteiger partial charge in [-0.3, -0.25) is 4.79 Å². The van der Waals surface area contributed by atoms with E-state index >= 15 is 0 Å². The molecular formula is C14H19O2. The quantitative estimate of drug-likeness (QED) is 0.415. The molecule has 0 saturated heterocycles. The van der Waals surface area contributed by atoms with Crippen LogP contribution in [0.2, 0.25) is 0 Å². The van der Waals surface area contributed by atoms with Gasteiger partial charge in [0, 0.05) is 6.42 Å². The average molecular weight is 219 g/mol. The highest BCUT2D eigenvalue weighted by Gasteiger charge is 2.02. The molecule has 16 heavy (non-hydrogen) atoms. The first kappa shape index (κ1) is 12.8. The first-order chi connectivity index (χ1) is 7.76. The molecule has 0 saturated carbocycles. The number of esters is 1. The lowest BCUT2D eigenvalue weighted by Crippen LogP contribution is -2.05. The van der Waals surface area contributed by atoms with Crippen molar-refractivity contribution in [2.24, 2.45) is 0 Å². The van der Waals surface area contributed by atoms with Gasteiger partial charge < -0.3 is 4.74 Å². The molecule has 0 bridgehead atoms. The van der Waals surface area contributed by atoms with Crippen molar-refractivity contribution in [1.82, 2.24) is 0 Å². The number of carbonyl (C=O) groups excluding carboxylic acids is 1. The van der Waals surface area contributed by atoms with Crippen molar-refractivity contribution in [2.75, 3.05) is 0 Å². The number of unbranched alkanes of at least 4 members (excludes halogenated alkanes) is 2. The zero-order valence-electron chi connectivity index (χ0n) is 9.87. The van der Waals surface area contributed by atoms with Gasteiger partial charge >= 0.3 is 5.97 Å². The van der Waals surface area contributed by atoms with Crippen LogP contribution in [-0.2, 0) is 11.2 Å². The molecule has 0 N–H and O–H groups in total. The van der Waals surface area contributed by atoms with Gasteiger partial charge in [0.2, 0.25) is 0 Å². The topological polar surface area (TPSA) is 26.3 Å². The average Bonchev–Trinajstić information content (AvgIpc) is 2.30. The van der Waals surface area contributed by atoms with Crippen LogP contribution in [0.4, 0.5) is 0 Å². The van der Waals surface area contributed by atoms with Crippen LogP contribution in [-0.4, -0.2) is 5.97 Å². The monoisotopic (exact) mass is 219 g/mol. The molecule has 0 heterocycles. The summed E-state index contributed by atoms with van der Waals surface area (Å²) in [7, 11) is 0. The van der Waals surface area contributed by atoms with Gasteiger partial charge in [0.25, 0.3) is 0 Å². The van der Waals surface area contributed by atoms with E-state index in [-0.39, 0.29) is 5.97 Å². The van der Waals surface area contributed by atoms with Crippen molar-refractivity contribution >= 4 is 5.97 Å². The molecule has 0 amide bonds. The molecule has 1 aromatic carbocycles. The molecule has 0 aromatic heterocycles. The summed E-state index contributed by atoms with van der Waals surface area (Å²) in [5.41, 5.74) is 1.22. The molecule has 0 aliphatic rings. The maximum absolute atomic E-state index is 11.1. The number of benzene rings is 1. The second-order valence-electron chi connectivity index (χ2n) is 3.79. The van der Waals surface area contributed by atoms with Crippen LogP contribution in [0.1, 0.15) is 38.2 Å². The Morgan fingerprint density at radius 3 is 2.88 bits per heavy atom. The second kappa shape index (κ2) is 7.04. The Morgan fingerprint density at radius 1 is 1.38 bits per heavy atom. The fraction of sp³-hybridized carbons (Fsp3) is 0.429. The highest BCUT2D eigenvalue weighted by atomic mass is 16.5. The molecule has 1 aromatic rings. The summed E-state index contributed by atoms with van der Waals surface area (Å²) in [6, 6.07) is 7.75. The van der Waals surface area contributed by atoms with E-state index in [1.807, 2.05) is 18.2 Å². The summed E-state index contributed by atoms with van der Waals surface area (Å²) in [6.45, 7) is 5.61. The molecule has 2 heteroatoms. The van der Waals surface area contributed by atoms with Gasteiger partial charge in [-0.15, -0.1) is 0 Å². The van der Waals surface area contributed by atoms with Crippen molar-refractivity contribution in [3.63, 3.8) is 0 Å². The van der Waals surface area contributed by atoms with E-state index < -0.39 is 0 Å². The second-order valence-corrected chi connectivity index (χ2v) is 3.79. The third kappa shape index (κ3) is 4.47. The number of ether oxygens (including phenoxy) is 1. The van der Waals surface area contributed by atoms with E-state index in [0.29, 0.717) is 12.2 Å². The Balaban J connectivity index is 2.53. The van der Waals surface area contributed by atoms with Crippen LogP contribution >= 0.6 is 0 Å². The summed E-state index contributed by atoms with van der Waals surface area (Å²) in [4.78, 5) is 11.1. The Bertz CT molecular complexity index is 331.